The monoisotopic (exact) mass is 378 g/mol. The SMILES string of the molecule is CN=C(NCCSCCc1ccccn1)NS(=O)(=O)c1ccccc1. The van der Waals surface area contributed by atoms with Gasteiger partial charge in [0.05, 0.1) is 4.90 Å². The van der Waals surface area contributed by atoms with Crippen LogP contribution in [0, 0.1) is 0 Å². The van der Waals surface area contributed by atoms with Crippen LogP contribution in [0.2, 0.25) is 0 Å². The number of sulfonamides is 1. The minimum atomic E-state index is -3.61. The van der Waals surface area contributed by atoms with Crippen molar-refractivity contribution in [1.82, 2.24) is 15.0 Å². The summed E-state index contributed by atoms with van der Waals surface area (Å²) in [5.74, 6) is 2.06. The molecule has 0 radical (unpaired) electrons. The Bertz CT molecular complexity index is 766. The Kier molecular flexibility index (Phi) is 7.75. The Morgan fingerprint density at radius 1 is 1.12 bits per heavy atom. The van der Waals surface area contributed by atoms with E-state index in [0.717, 1.165) is 23.6 Å². The van der Waals surface area contributed by atoms with Gasteiger partial charge in [-0.15, -0.1) is 0 Å². The van der Waals surface area contributed by atoms with E-state index in [1.165, 1.54) is 0 Å². The van der Waals surface area contributed by atoms with Crippen molar-refractivity contribution in [3.8, 4) is 0 Å². The zero-order valence-corrected chi connectivity index (χ0v) is 15.7. The van der Waals surface area contributed by atoms with Crippen LogP contribution in [0.25, 0.3) is 0 Å². The molecule has 0 aliphatic rings. The van der Waals surface area contributed by atoms with E-state index in [1.807, 2.05) is 18.2 Å². The van der Waals surface area contributed by atoms with Gasteiger partial charge in [-0.05, 0) is 36.4 Å². The van der Waals surface area contributed by atoms with Crippen molar-refractivity contribution in [2.24, 2.45) is 4.99 Å². The van der Waals surface area contributed by atoms with Crippen molar-refractivity contribution < 1.29 is 8.42 Å². The smallest absolute Gasteiger partial charge is 0.264 e. The second-order valence-electron chi connectivity index (χ2n) is 5.10. The summed E-state index contributed by atoms with van der Waals surface area (Å²) in [4.78, 5) is 8.45. The lowest BCUT2D eigenvalue weighted by atomic mass is 10.3. The summed E-state index contributed by atoms with van der Waals surface area (Å²) in [6, 6.07) is 14.1. The maximum Gasteiger partial charge on any atom is 0.264 e. The topological polar surface area (TPSA) is 83.4 Å². The largest absolute Gasteiger partial charge is 0.355 e. The van der Waals surface area contributed by atoms with Crippen molar-refractivity contribution in [3.05, 3.63) is 60.4 Å². The molecule has 6 nitrogen and oxygen atoms in total. The molecule has 2 rings (SSSR count). The van der Waals surface area contributed by atoms with Crippen molar-refractivity contribution in [2.45, 2.75) is 11.3 Å². The number of aliphatic imine (C=N–C) groups is 1. The van der Waals surface area contributed by atoms with Crippen LogP contribution < -0.4 is 10.0 Å². The third-order valence-corrected chi connectivity index (χ3v) is 5.62. The number of thioether (sulfide) groups is 1. The third-order valence-electron chi connectivity index (χ3n) is 3.28. The summed E-state index contributed by atoms with van der Waals surface area (Å²) in [5, 5.41) is 3.02. The molecular weight excluding hydrogens is 356 g/mol. The fourth-order valence-electron chi connectivity index (χ4n) is 2.01. The molecule has 2 N–H and O–H groups in total. The molecule has 0 bridgehead atoms. The number of aromatic nitrogens is 1. The fraction of sp³-hybridized carbons (Fsp3) is 0.294. The van der Waals surface area contributed by atoms with Gasteiger partial charge in [0.15, 0.2) is 0 Å². The summed E-state index contributed by atoms with van der Waals surface area (Å²) < 4.78 is 27.0. The molecule has 0 aliphatic heterocycles. The molecule has 0 saturated carbocycles. The average Bonchev–Trinajstić information content (AvgIpc) is 2.65. The summed E-state index contributed by atoms with van der Waals surface area (Å²) in [7, 11) is -2.07. The first-order chi connectivity index (χ1) is 12.1. The van der Waals surface area contributed by atoms with E-state index in [4.69, 9.17) is 0 Å². The number of guanidine groups is 1. The van der Waals surface area contributed by atoms with Crippen molar-refractivity contribution in [1.29, 1.82) is 0 Å². The van der Waals surface area contributed by atoms with E-state index in [2.05, 4.69) is 20.0 Å². The highest BCUT2D eigenvalue weighted by molar-refractivity contribution is 7.99. The zero-order chi connectivity index (χ0) is 18.0. The second-order valence-corrected chi connectivity index (χ2v) is 8.01. The van der Waals surface area contributed by atoms with Gasteiger partial charge < -0.3 is 5.32 Å². The standard InChI is InChI=1S/C17H22N4O2S2/c1-18-17(21-25(22,23)16-8-3-2-4-9-16)20-12-14-24-13-10-15-7-5-6-11-19-15/h2-9,11H,10,12-14H2,1H3,(H2,18,20,21). The van der Waals surface area contributed by atoms with E-state index in [9.17, 15) is 8.42 Å². The molecule has 1 aromatic carbocycles. The molecule has 8 heteroatoms. The molecule has 0 spiro atoms. The van der Waals surface area contributed by atoms with Crippen molar-refractivity contribution >= 4 is 27.7 Å². The van der Waals surface area contributed by atoms with Crippen LogP contribution in [0.5, 0.6) is 0 Å². The summed E-state index contributed by atoms with van der Waals surface area (Å²) in [6.07, 6.45) is 2.71. The Morgan fingerprint density at radius 2 is 1.88 bits per heavy atom. The first kappa shape index (κ1) is 19.3. The van der Waals surface area contributed by atoms with Crippen molar-refractivity contribution in [3.63, 3.8) is 0 Å². The molecule has 0 unspecified atom stereocenters. The molecule has 0 fully saturated rings. The number of rotatable bonds is 8. The minimum Gasteiger partial charge on any atom is -0.355 e. The molecule has 2 aromatic rings. The van der Waals surface area contributed by atoms with Gasteiger partial charge in [0.2, 0.25) is 5.96 Å². The van der Waals surface area contributed by atoms with Gasteiger partial charge in [-0.2, -0.15) is 11.8 Å². The molecule has 0 atom stereocenters. The average molecular weight is 379 g/mol. The third kappa shape index (κ3) is 6.75. The van der Waals surface area contributed by atoms with Crippen LogP contribution in [0.15, 0.2) is 64.6 Å². The highest BCUT2D eigenvalue weighted by atomic mass is 32.2. The molecule has 134 valence electrons. The lowest BCUT2D eigenvalue weighted by Gasteiger charge is -2.12. The normalized spacial score (nSPS) is 12.0. The van der Waals surface area contributed by atoms with E-state index >= 15 is 0 Å². The minimum absolute atomic E-state index is 0.211. The number of nitrogens with one attached hydrogen (secondary N) is 2. The Hall–Kier alpha value is -2.06. The van der Waals surface area contributed by atoms with Crippen LogP contribution >= 0.6 is 11.8 Å². The lowest BCUT2D eigenvalue weighted by Crippen LogP contribution is -2.41. The summed E-state index contributed by atoms with van der Waals surface area (Å²) in [5.41, 5.74) is 1.08. The van der Waals surface area contributed by atoms with Crippen LogP contribution in [0.4, 0.5) is 0 Å². The van der Waals surface area contributed by atoms with Gasteiger partial charge in [0.1, 0.15) is 0 Å². The van der Waals surface area contributed by atoms with E-state index in [-0.39, 0.29) is 10.9 Å². The molecule has 0 aliphatic carbocycles. The van der Waals surface area contributed by atoms with Gasteiger partial charge in [-0.3, -0.25) is 9.98 Å². The summed E-state index contributed by atoms with van der Waals surface area (Å²) in [6.45, 7) is 0.622. The van der Waals surface area contributed by atoms with Crippen LogP contribution in [0.1, 0.15) is 5.69 Å². The first-order valence-electron chi connectivity index (χ1n) is 7.88. The number of nitrogens with zero attached hydrogens (tertiary/aromatic N) is 2. The Labute approximate surface area is 153 Å². The quantitative estimate of drug-likeness (QED) is 0.416. The van der Waals surface area contributed by atoms with E-state index < -0.39 is 10.0 Å². The predicted octanol–water partition coefficient (Wildman–Crippen LogP) is 1.91. The van der Waals surface area contributed by atoms with Gasteiger partial charge in [-0.1, -0.05) is 24.3 Å². The van der Waals surface area contributed by atoms with Gasteiger partial charge in [0, 0.05) is 31.2 Å². The van der Waals surface area contributed by atoms with Gasteiger partial charge in [-0.25, -0.2) is 13.1 Å². The first-order valence-corrected chi connectivity index (χ1v) is 10.5. The van der Waals surface area contributed by atoms with E-state index in [0.29, 0.717) is 6.54 Å². The molecule has 0 amide bonds. The zero-order valence-electron chi connectivity index (χ0n) is 14.1. The predicted molar refractivity (Wildman–Crippen MR) is 103 cm³/mol. The second kappa shape index (κ2) is 10.0. The molecule has 25 heavy (non-hydrogen) atoms. The number of aryl methyl sites for hydroxylation is 1. The number of hydrogen-bond acceptors (Lipinski definition) is 5. The Balaban J connectivity index is 1.70. The van der Waals surface area contributed by atoms with Gasteiger partial charge >= 0.3 is 0 Å². The number of benzene rings is 1. The lowest BCUT2D eigenvalue weighted by molar-refractivity contribution is 0.591. The molecular formula is C17H22N4O2S2. The fourth-order valence-corrected chi connectivity index (χ4v) is 3.87. The summed E-state index contributed by atoms with van der Waals surface area (Å²) >= 11 is 1.78. The Morgan fingerprint density at radius 3 is 2.56 bits per heavy atom. The van der Waals surface area contributed by atoms with Crippen LogP contribution in [-0.2, 0) is 16.4 Å². The number of pyridine rings is 1. The molecule has 0 saturated heterocycles. The van der Waals surface area contributed by atoms with E-state index in [1.54, 1.807) is 55.3 Å². The number of hydrogen-bond donors (Lipinski definition) is 2. The van der Waals surface area contributed by atoms with Gasteiger partial charge in [0.25, 0.3) is 10.0 Å². The molecule has 1 heterocycles. The van der Waals surface area contributed by atoms with Crippen LogP contribution in [0.3, 0.4) is 0 Å². The van der Waals surface area contributed by atoms with Crippen molar-refractivity contribution in [2.75, 3.05) is 25.1 Å². The molecule has 1 aromatic heterocycles. The highest BCUT2D eigenvalue weighted by Gasteiger charge is 2.15. The maximum atomic E-state index is 12.2. The highest BCUT2D eigenvalue weighted by Crippen LogP contribution is 2.07. The maximum absolute atomic E-state index is 12.2. The van der Waals surface area contributed by atoms with Crippen LogP contribution in [-0.4, -0.2) is 44.5 Å².